The van der Waals surface area contributed by atoms with Crippen molar-refractivity contribution in [3.05, 3.63) is 24.5 Å². The standard InChI is InChI=1S/C16H28N4O4/c1-16(2,3)24-15(22)19-13(12-20-8-4-5-9-20)14(21)18-7-11-23-10-6-17/h4-5,8-9,13H,6-7,10-12,17H2,1-3H3,(H,18,21)(H,19,22). The predicted molar refractivity (Wildman–Crippen MR) is 90.5 cm³/mol. The van der Waals surface area contributed by atoms with E-state index in [4.69, 9.17) is 15.2 Å². The first-order chi connectivity index (χ1) is 11.3. The Morgan fingerprint density at radius 1 is 1.21 bits per heavy atom. The Labute approximate surface area is 142 Å². The number of nitrogens with two attached hydrogens (primary N) is 1. The highest BCUT2D eigenvalue weighted by Crippen LogP contribution is 2.07. The van der Waals surface area contributed by atoms with Crippen molar-refractivity contribution in [2.75, 3.05) is 26.3 Å². The van der Waals surface area contributed by atoms with Crippen molar-refractivity contribution in [3.63, 3.8) is 0 Å². The number of rotatable bonds is 9. The van der Waals surface area contributed by atoms with Gasteiger partial charge in [0.25, 0.3) is 0 Å². The molecule has 0 aliphatic rings. The fourth-order valence-electron chi connectivity index (χ4n) is 1.90. The number of alkyl carbamates (subject to hydrolysis) is 1. The van der Waals surface area contributed by atoms with Crippen LogP contribution in [0, 0.1) is 0 Å². The molecular formula is C16H28N4O4. The Balaban J connectivity index is 2.56. The molecule has 0 aromatic carbocycles. The molecule has 0 fully saturated rings. The lowest BCUT2D eigenvalue weighted by molar-refractivity contribution is -0.123. The second-order valence-electron chi connectivity index (χ2n) is 6.27. The molecule has 2 amide bonds. The molecule has 0 saturated heterocycles. The molecule has 0 aliphatic carbocycles. The minimum atomic E-state index is -0.748. The second-order valence-corrected chi connectivity index (χ2v) is 6.27. The summed E-state index contributed by atoms with van der Waals surface area (Å²) in [5.41, 5.74) is 4.69. The number of carbonyl (C=O) groups is 2. The molecule has 8 heteroatoms. The summed E-state index contributed by atoms with van der Waals surface area (Å²) < 4.78 is 12.2. The average molecular weight is 340 g/mol. The summed E-state index contributed by atoms with van der Waals surface area (Å²) in [5, 5.41) is 5.34. The molecule has 1 rings (SSSR count). The van der Waals surface area contributed by atoms with Gasteiger partial charge in [-0.2, -0.15) is 0 Å². The molecule has 1 heterocycles. The molecule has 24 heavy (non-hydrogen) atoms. The third kappa shape index (κ3) is 8.54. The first-order valence-corrected chi connectivity index (χ1v) is 7.97. The fourth-order valence-corrected chi connectivity index (χ4v) is 1.90. The predicted octanol–water partition coefficient (Wildman–Crippen LogP) is 0.473. The van der Waals surface area contributed by atoms with Crippen molar-refractivity contribution >= 4 is 12.0 Å². The lowest BCUT2D eigenvalue weighted by Crippen LogP contribution is -2.50. The van der Waals surface area contributed by atoms with Crippen molar-refractivity contribution in [3.8, 4) is 0 Å². The molecule has 0 spiro atoms. The summed E-state index contributed by atoms with van der Waals surface area (Å²) in [6.07, 6.45) is 3.01. The van der Waals surface area contributed by atoms with E-state index in [-0.39, 0.29) is 5.91 Å². The van der Waals surface area contributed by atoms with Crippen LogP contribution >= 0.6 is 0 Å². The lowest BCUT2D eigenvalue weighted by atomic mass is 10.2. The summed E-state index contributed by atoms with van der Waals surface area (Å²) in [6.45, 7) is 7.20. The van der Waals surface area contributed by atoms with Crippen molar-refractivity contribution in [2.45, 2.75) is 39.0 Å². The van der Waals surface area contributed by atoms with Gasteiger partial charge in [0.2, 0.25) is 5.91 Å². The zero-order valence-electron chi connectivity index (χ0n) is 14.6. The van der Waals surface area contributed by atoms with Gasteiger partial charge in [-0.3, -0.25) is 4.79 Å². The van der Waals surface area contributed by atoms with Crippen LogP contribution < -0.4 is 16.4 Å². The smallest absolute Gasteiger partial charge is 0.408 e. The average Bonchev–Trinajstić information content (AvgIpc) is 2.97. The highest BCUT2D eigenvalue weighted by Gasteiger charge is 2.24. The first-order valence-electron chi connectivity index (χ1n) is 7.97. The molecule has 136 valence electrons. The summed E-state index contributed by atoms with van der Waals surface area (Å²) in [5.74, 6) is -0.300. The monoisotopic (exact) mass is 340 g/mol. The van der Waals surface area contributed by atoms with Gasteiger partial charge in [0, 0.05) is 25.5 Å². The normalized spacial score (nSPS) is 12.5. The van der Waals surface area contributed by atoms with E-state index in [1.807, 2.05) is 29.1 Å². The zero-order chi connectivity index (χ0) is 18.0. The van der Waals surface area contributed by atoms with Crippen LogP contribution in [-0.2, 0) is 20.8 Å². The van der Waals surface area contributed by atoms with Crippen LogP contribution in [0.4, 0.5) is 4.79 Å². The van der Waals surface area contributed by atoms with Crippen molar-refractivity contribution in [1.29, 1.82) is 0 Å². The summed E-state index contributed by atoms with van der Waals surface area (Å²) in [4.78, 5) is 24.3. The number of hydrogen-bond acceptors (Lipinski definition) is 5. The molecule has 0 bridgehead atoms. The molecule has 0 aliphatic heterocycles. The maximum Gasteiger partial charge on any atom is 0.408 e. The van der Waals surface area contributed by atoms with Crippen LogP contribution in [-0.4, -0.2) is 54.5 Å². The van der Waals surface area contributed by atoms with Gasteiger partial charge in [0.1, 0.15) is 11.6 Å². The largest absolute Gasteiger partial charge is 0.444 e. The van der Waals surface area contributed by atoms with Gasteiger partial charge in [0.05, 0.1) is 19.8 Å². The van der Waals surface area contributed by atoms with Gasteiger partial charge in [-0.1, -0.05) is 0 Å². The molecule has 8 nitrogen and oxygen atoms in total. The number of amides is 2. The summed E-state index contributed by atoms with van der Waals surface area (Å²) in [7, 11) is 0. The minimum absolute atomic E-state index is 0.300. The van der Waals surface area contributed by atoms with Gasteiger partial charge in [-0.15, -0.1) is 0 Å². The third-order valence-electron chi connectivity index (χ3n) is 2.87. The van der Waals surface area contributed by atoms with Crippen LogP contribution in [0.3, 0.4) is 0 Å². The van der Waals surface area contributed by atoms with Gasteiger partial charge in [0.15, 0.2) is 0 Å². The molecule has 1 aromatic heterocycles. The molecule has 1 unspecified atom stereocenters. The van der Waals surface area contributed by atoms with E-state index < -0.39 is 17.7 Å². The number of hydrogen-bond donors (Lipinski definition) is 3. The molecule has 1 atom stereocenters. The third-order valence-corrected chi connectivity index (χ3v) is 2.87. The van der Waals surface area contributed by atoms with Gasteiger partial charge < -0.3 is 30.4 Å². The second kappa shape index (κ2) is 9.94. The Bertz CT molecular complexity index is 497. The highest BCUT2D eigenvalue weighted by molar-refractivity contribution is 5.85. The number of nitrogens with one attached hydrogen (secondary N) is 2. The maximum atomic E-state index is 12.3. The van der Waals surface area contributed by atoms with Gasteiger partial charge >= 0.3 is 6.09 Å². The molecular weight excluding hydrogens is 312 g/mol. The van der Waals surface area contributed by atoms with Crippen molar-refractivity contribution in [1.82, 2.24) is 15.2 Å². The lowest BCUT2D eigenvalue weighted by Gasteiger charge is -2.23. The van der Waals surface area contributed by atoms with E-state index in [9.17, 15) is 9.59 Å². The minimum Gasteiger partial charge on any atom is -0.444 e. The highest BCUT2D eigenvalue weighted by atomic mass is 16.6. The summed E-state index contributed by atoms with van der Waals surface area (Å²) >= 11 is 0. The van der Waals surface area contributed by atoms with Crippen LogP contribution in [0.1, 0.15) is 20.8 Å². The zero-order valence-corrected chi connectivity index (χ0v) is 14.6. The summed E-state index contributed by atoms with van der Waals surface area (Å²) in [6, 6.07) is 2.95. The Morgan fingerprint density at radius 2 is 1.88 bits per heavy atom. The maximum absolute atomic E-state index is 12.3. The molecule has 4 N–H and O–H groups in total. The van der Waals surface area contributed by atoms with E-state index >= 15 is 0 Å². The Kier molecular flexibility index (Phi) is 8.28. The Hall–Kier alpha value is -2.06. The Morgan fingerprint density at radius 3 is 2.46 bits per heavy atom. The van der Waals surface area contributed by atoms with Crippen LogP contribution in [0.15, 0.2) is 24.5 Å². The SMILES string of the molecule is CC(C)(C)OC(=O)NC(Cn1cccc1)C(=O)NCCOCCN. The molecule has 1 aromatic rings. The molecule has 0 saturated carbocycles. The number of carbonyl (C=O) groups excluding carboxylic acids is 2. The fraction of sp³-hybridized carbons (Fsp3) is 0.625. The van der Waals surface area contributed by atoms with Crippen LogP contribution in [0.25, 0.3) is 0 Å². The quantitative estimate of drug-likeness (QED) is 0.567. The first kappa shape index (κ1) is 20.0. The molecule has 0 radical (unpaired) electrons. The van der Waals surface area contributed by atoms with E-state index in [1.54, 1.807) is 20.8 Å². The van der Waals surface area contributed by atoms with E-state index in [2.05, 4.69) is 10.6 Å². The van der Waals surface area contributed by atoms with E-state index in [0.29, 0.717) is 32.8 Å². The number of aromatic nitrogens is 1. The van der Waals surface area contributed by atoms with Gasteiger partial charge in [-0.25, -0.2) is 4.79 Å². The van der Waals surface area contributed by atoms with Crippen LogP contribution in [0.2, 0.25) is 0 Å². The number of ether oxygens (including phenoxy) is 2. The van der Waals surface area contributed by atoms with Crippen LogP contribution in [0.5, 0.6) is 0 Å². The number of nitrogens with zero attached hydrogens (tertiary/aromatic N) is 1. The topological polar surface area (TPSA) is 108 Å². The van der Waals surface area contributed by atoms with E-state index in [1.165, 1.54) is 0 Å². The van der Waals surface area contributed by atoms with Gasteiger partial charge in [-0.05, 0) is 32.9 Å². The van der Waals surface area contributed by atoms with Crippen molar-refractivity contribution in [2.24, 2.45) is 5.73 Å². The van der Waals surface area contributed by atoms with Crippen molar-refractivity contribution < 1.29 is 19.1 Å². The van der Waals surface area contributed by atoms with E-state index in [0.717, 1.165) is 0 Å².